The van der Waals surface area contributed by atoms with Gasteiger partial charge in [0.25, 0.3) is 0 Å². The first-order valence-electron chi connectivity index (χ1n) is 5.71. The molecule has 0 atom stereocenters. The molecular weight excluding hydrogens is 231 g/mol. The summed E-state index contributed by atoms with van der Waals surface area (Å²) in [6.45, 7) is 4.00. The number of benzene rings is 1. The predicted octanol–water partition coefficient (Wildman–Crippen LogP) is 3.00. The highest BCUT2D eigenvalue weighted by Crippen LogP contribution is 2.16. The normalized spacial score (nSPS) is 11.1. The van der Waals surface area contributed by atoms with Gasteiger partial charge in [-0.2, -0.15) is 0 Å². The fourth-order valence-electron chi connectivity index (χ4n) is 1.99. The van der Waals surface area contributed by atoms with Crippen LogP contribution in [0.4, 0.5) is 10.3 Å². The summed E-state index contributed by atoms with van der Waals surface area (Å²) in [6.07, 6.45) is 0. The maximum absolute atomic E-state index is 13.1. The van der Waals surface area contributed by atoms with E-state index in [2.05, 4.69) is 15.4 Å². The molecule has 0 aliphatic heterocycles. The molecule has 0 amide bonds. The number of aryl methyl sites for hydroxylation is 2. The predicted molar refractivity (Wildman–Crippen MR) is 69.0 cm³/mol. The van der Waals surface area contributed by atoms with Crippen molar-refractivity contribution in [2.75, 3.05) is 5.43 Å². The van der Waals surface area contributed by atoms with Crippen LogP contribution in [0, 0.1) is 19.7 Å². The summed E-state index contributed by atoms with van der Waals surface area (Å²) >= 11 is 0. The van der Waals surface area contributed by atoms with E-state index < -0.39 is 0 Å². The van der Waals surface area contributed by atoms with E-state index in [1.165, 1.54) is 12.1 Å². The van der Waals surface area contributed by atoms with Crippen LogP contribution in [0.1, 0.15) is 11.4 Å². The number of nitrogens with one attached hydrogen (secondary N) is 2. The number of hydrogen-bond donors (Lipinski definition) is 2. The van der Waals surface area contributed by atoms with Crippen LogP contribution < -0.4 is 5.43 Å². The smallest absolute Gasteiger partial charge is 0.220 e. The molecule has 0 aliphatic rings. The summed E-state index contributed by atoms with van der Waals surface area (Å²) in [4.78, 5) is 7.40. The number of halogens is 1. The van der Waals surface area contributed by atoms with Gasteiger partial charge < -0.3 is 4.98 Å². The van der Waals surface area contributed by atoms with Crippen molar-refractivity contribution in [1.29, 1.82) is 0 Å². The number of nitrogens with zero attached hydrogens (tertiary/aromatic N) is 2. The molecule has 2 N–H and O–H groups in total. The van der Waals surface area contributed by atoms with Gasteiger partial charge in [-0.15, -0.1) is 0 Å². The second-order valence-electron chi connectivity index (χ2n) is 4.31. The summed E-state index contributed by atoms with van der Waals surface area (Å²) in [5.74, 6) is 0.323. The van der Waals surface area contributed by atoms with Crippen molar-refractivity contribution >= 4 is 17.0 Å². The molecule has 3 aromatic rings. The summed E-state index contributed by atoms with van der Waals surface area (Å²) in [7, 11) is 0. The van der Waals surface area contributed by atoms with Crippen LogP contribution in [0.2, 0.25) is 0 Å². The fourth-order valence-corrected chi connectivity index (χ4v) is 1.99. The van der Waals surface area contributed by atoms with Gasteiger partial charge in [0.2, 0.25) is 5.95 Å². The molecule has 18 heavy (non-hydrogen) atoms. The number of hydrogen-bond acceptors (Lipinski definition) is 2. The van der Waals surface area contributed by atoms with E-state index in [0.29, 0.717) is 11.5 Å². The van der Waals surface area contributed by atoms with E-state index in [-0.39, 0.29) is 5.82 Å². The molecular formula is C13H13FN4. The Labute approximate surface area is 103 Å². The van der Waals surface area contributed by atoms with Crippen LogP contribution >= 0.6 is 0 Å². The molecule has 5 heteroatoms. The molecule has 3 rings (SSSR count). The molecule has 1 aromatic carbocycles. The molecule has 2 aromatic heterocycles. The van der Waals surface area contributed by atoms with E-state index >= 15 is 0 Å². The Morgan fingerprint density at radius 2 is 1.89 bits per heavy atom. The lowest BCUT2D eigenvalue weighted by Gasteiger charge is -2.09. The lowest BCUT2D eigenvalue weighted by molar-refractivity contribution is 0.629. The second kappa shape index (κ2) is 3.87. The largest absolute Gasteiger partial charge is 0.323 e. The van der Waals surface area contributed by atoms with Gasteiger partial charge in [-0.3, -0.25) is 10.1 Å². The van der Waals surface area contributed by atoms with Gasteiger partial charge in [-0.25, -0.2) is 9.37 Å². The topological polar surface area (TPSA) is 45.6 Å². The van der Waals surface area contributed by atoms with Gasteiger partial charge in [0.15, 0.2) is 0 Å². The van der Waals surface area contributed by atoms with Gasteiger partial charge >= 0.3 is 0 Å². The van der Waals surface area contributed by atoms with Crippen LogP contribution in [0.5, 0.6) is 0 Å². The van der Waals surface area contributed by atoms with Crippen LogP contribution in [-0.4, -0.2) is 14.6 Å². The van der Waals surface area contributed by atoms with Crippen molar-refractivity contribution in [3.05, 3.63) is 47.5 Å². The zero-order valence-electron chi connectivity index (χ0n) is 10.2. The number of rotatable bonds is 2. The SMILES string of the molecule is Cc1ccc(C)n1Nc1nc2ccc(F)cc2[nH]1. The van der Waals surface area contributed by atoms with Gasteiger partial charge in [0, 0.05) is 11.4 Å². The highest BCUT2D eigenvalue weighted by Gasteiger charge is 2.06. The molecule has 2 heterocycles. The van der Waals surface area contributed by atoms with Crippen molar-refractivity contribution in [2.45, 2.75) is 13.8 Å². The molecule has 0 fully saturated rings. The maximum Gasteiger partial charge on any atom is 0.220 e. The van der Waals surface area contributed by atoms with Gasteiger partial charge in [0.1, 0.15) is 5.82 Å². The molecule has 0 unspecified atom stereocenters. The van der Waals surface area contributed by atoms with Crippen LogP contribution in [-0.2, 0) is 0 Å². The third kappa shape index (κ3) is 1.73. The molecule has 92 valence electrons. The van der Waals surface area contributed by atoms with E-state index in [4.69, 9.17) is 0 Å². The second-order valence-corrected chi connectivity index (χ2v) is 4.31. The Morgan fingerprint density at radius 3 is 2.61 bits per heavy atom. The molecule has 0 saturated carbocycles. The number of aromatic amines is 1. The van der Waals surface area contributed by atoms with Gasteiger partial charge in [0.05, 0.1) is 11.0 Å². The fraction of sp³-hybridized carbons (Fsp3) is 0.154. The zero-order chi connectivity index (χ0) is 12.7. The lowest BCUT2D eigenvalue weighted by atomic mass is 10.3. The van der Waals surface area contributed by atoms with Crippen molar-refractivity contribution in [3.63, 3.8) is 0 Å². The Morgan fingerprint density at radius 1 is 1.17 bits per heavy atom. The first-order chi connectivity index (χ1) is 8.63. The Balaban J connectivity index is 2.00. The molecule has 0 saturated heterocycles. The molecule has 0 spiro atoms. The van der Waals surface area contributed by atoms with E-state index in [0.717, 1.165) is 16.9 Å². The quantitative estimate of drug-likeness (QED) is 0.728. The maximum atomic E-state index is 13.1. The highest BCUT2D eigenvalue weighted by molar-refractivity contribution is 5.77. The van der Waals surface area contributed by atoms with Crippen LogP contribution in [0.3, 0.4) is 0 Å². The highest BCUT2D eigenvalue weighted by atomic mass is 19.1. The number of imidazole rings is 1. The first kappa shape index (κ1) is 10.8. The Bertz CT molecular complexity index is 691. The Kier molecular flexibility index (Phi) is 2.33. The summed E-state index contributed by atoms with van der Waals surface area (Å²) in [5, 5.41) is 0. The summed E-state index contributed by atoms with van der Waals surface area (Å²) in [6, 6.07) is 8.53. The van der Waals surface area contributed by atoms with Crippen molar-refractivity contribution in [1.82, 2.24) is 14.6 Å². The lowest BCUT2D eigenvalue weighted by Crippen LogP contribution is -2.13. The minimum Gasteiger partial charge on any atom is -0.323 e. The summed E-state index contributed by atoms with van der Waals surface area (Å²) in [5.41, 5.74) is 6.74. The molecule has 0 bridgehead atoms. The minimum absolute atomic E-state index is 0.272. The number of anilines is 1. The average molecular weight is 244 g/mol. The van der Waals surface area contributed by atoms with E-state index in [1.807, 2.05) is 30.7 Å². The van der Waals surface area contributed by atoms with Crippen LogP contribution in [0.15, 0.2) is 30.3 Å². The average Bonchev–Trinajstić information content (AvgIpc) is 2.86. The third-order valence-electron chi connectivity index (χ3n) is 2.93. The van der Waals surface area contributed by atoms with Crippen molar-refractivity contribution < 1.29 is 4.39 Å². The monoisotopic (exact) mass is 244 g/mol. The molecule has 0 radical (unpaired) electrons. The van der Waals surface area contributed by atoms with Gasteiger partial charge in [-0.05, 0) is 44.2 Å². The van der Waals surface area contributed by atoms with E-state index in [9.17, 15) is 4.39 Å². The number of H-pyrrole nitrogens is 1. The molecule has 4 nitrogen and oxygen atoms in total. The third-order valence-corrected chi connectivity index (χ3v) is 2.93. The standard InChI is InChI=1S/C13H13FN4/c1-8-3-4-9(2)18(8)17-13-15-11-6-5-10(14)7-12(11)16-13/h3-7H,1-2H3,(H2,15,16,17). The van der Waals surface area contributed by atoms with Gasteiger partial charge in [-0.1, -0.05) is 0 Å². The number of fused-ring (bicyclic) bond motifs is 1. The molecule has 0 aliphatic carbocycles. The van der Waals surface area contributed by atoms with E-state index in [1.54, 1.807) is 6.07 Å². The number of aromatic nitrogens is 3. The first-order valence-corrected chi connectivity index (χ1v) is 5.71. The van der Waals surface area contributed by atoms with Crippen molar-refractivity contribution in [2.24, 2.45) is 0 Å². The minimum atomic E-state index is -0.272. The van der Waals surface area contributed by atoms with Crippen molar-refractivity contribution in [3.8, 4) is 0 Å². The van der Waals surface area contributed by atoms with Crippen LogP contribution in [0.25, 0.3) is 11.0 Å². The summed E-state index contributed by atoms with van der Waals surface area (Å²) < 4.78 is 15.0. The zero-order valence-corrected chi connectivity index (χ0v) is 10.2. The Hall–Kier alpha value is -2.30.